The number of piperidine rings is 1. The molecule has 0 saturated carbocycles. The molecule has 0 bridgehead atoms. The first-order chi connectivity index (χ1) is 12.0. The Morgan fingerprint density at radius 1 is 1.16 bits per heavy atom. The van der Waals surface area contributed by atoms with Gasteiger partial charge in [0.05, 0.1) is 5.39 Å². The Hall–Kier alpha value is -2.40. The first-order valence-electron chi connectivity index (χ1n) is 8.92. The van der Waals surface area contributed by atoms with Crippen LogP contribution >= 0.6 is 0 Å². The molecule has 1 saturated heterocycles. The number of likely N-dealkylation sites (tertiary alicyclic amines) is 1. The fourth-order valence-corrected chi connectivity index (χ4v) is 4.07. The zero-order valence-corrected chi connectivity index (χ0v) is 15.2. The number of anilines is 1. The predicted molar refractivity (Wildman–Crippen MR) is 103 cm³/mol. The van der Waals surface area contributed by atoms with E-state index in [4.69, 9.17) is 5.73 Å². The minimum atomic E-state index is 0.426. The first-order valence-corrected chi connectivity index (χ1v) is 8.92. The zero-order valence-electron chi connectivity index (χ0n) is 15.2. The number of hydrogen-bond acceptors (Lipinski definition) is 4. The number of rotatable bonds is 2. The van der Waals surface area contributed by atoms with Gasteiger partial charge < -0.3 is 15.2 Å². The van der Waals surface area contributed by atoms with Gasteiger partial charge in [-0.05, 0) is 51.4 Å². The maximum atomic E-state index is 6.27. The van der Waals surface area contributed by atoms with Crippen LogP contribution in [0, 0.1) is 13.8 Å². The van der Waals surface area contributed by atoms with Crippen LogP contribution in [0.2, 0.25) is 0 Å². The fourth-order valence-electron chi connectivity index (χ4n) is 4.07. The van der Waals surface area contributed by atoms with Crippen LogP contribution in [0.25, 0.3) is 22.2 Å². The van der Waals surface area contributed by atoms with Crippen molar-refractivity contribution < 1.29 is 0 Å². The molecule has 1 aromatic carbocycles. The first kappa shape index (κ1) is 16.1. The van der Waals surface area contributed by atoms with Crippen molar-refractivity contribution in [1.82, 2.24) is 19.4 Å². The van der Waals surface area contributed by atoms with Gasteiger partial charge in [0.15, 0.2) is 0 Å². The molecule has 1 aliphatic heterocycles. The molecule has 0 amide bonds. The number of aryl methyl sites for hydroxylation is 2. The molecule has 1 unspecified atom stereocenters. The lowest BCUT2D eigenvalue weighted by molar-refractivity contribution is 0.215. The molecule has 2 aromatic heterocycles. The molecule has 25 heavy (non-hydrogen) atoms. The van der Waals surface area contributed by atoms with E-state index in [0.29, 0.717) is 11.9 Å². The van der Waals surface area contributed by atoms with Crippen molar-refractivity contribution in [3.8, 4) is 11.1 Å². The third kappa shape index (κ3) is 2.78. The molecule has 130 valence electrons. The largest absolute Gasteiger partial charge is 0.383 e. The van der Waals surface area contributed by atoms with E-state index in [0.717, 1.165) is 29.7 Å². The van der Waals surface area contributed by atoms with Crippen molar-refractivity contribution in [3.05, 3.63) is 41.9 Å². The normalized spacial score (nSPS) is 18.8. The van der Waals surface area contributed by atoms with Crippen LogP contribution in [0.3, 0.4) is 0 Å². The van der Waals surface area contributed by atoms with Crippen molar-refractivity contribution in [2.75, 3.05) is 25.9 Å². The monoisotopic (exact) mass is 335 g/mol. The van der Waals surface area contributed by atoms with Crippen molar-refractivity contribution >= 4 is 16.9 Å². The van der Waals surface area contributed by atoms with Gasteiger partial charge in [0.1, 0.15) is 17.8 Å². The Balaban J connectivity index is 1.93. The summed E-state index contributed by atoms with van der Waals surface area (Å²) in [5.41, 5.74) is 12.1. The van der Waals surface area contributed by atoms with Gasteiger partial charge in [0.2, 0.25) is 0 Å². The van der Waals surface area contributed by atoms with E-state index in [1.807, 2.05) is 0 Å². The Morgan fingerprint density at radius 2 is 2.00 bits per heavy atom. The molecule has 4 rings (SSSR count). The van der Waals surface area contributed by atoms with Crippen LogP contribution in [0.5, 0.6) is 0 Å². The van der Waals surface area contributed by atoms with E-state index in [1.165, 1.54) is 29.5 Å². The second-order valence-electron chi connectivity index (χ2n) is 7.28. The standard InChI is InChI=1S/C20H25N5/c1-13-6-7-16(14(2)9-13)17-11-25(15-5-4-8-24(3)10-15)20-18(17)19(21)22-12-23-20/h6-7,9,11-12,15H,4-5,8,10H2,1-3H3,(H2,21,22,23). The third-order valence-corrected chi connectivity index (χ3v) is 5.30. The fraction of sp³-hybridized carbons (Fsp3) is 0.400. The molecule has 0 aliphatic carbocycles. The average Bonchev–Trinajstić information content (AvgIpc) is 2.96. The molecule has 1 aliphatic rings. The molecule has 0 radical (unpaired) electrons. The quantitative estimate of drug-likeness (QED) is 0.778. The SMILES string of the molecule is Cc1ccc(-c2cn(C3CCCN(C)C3)c3ncnc(N)c23)c(C)c1. The summed E-state index contributed by atoms with van der Waals surface area (Å²) in [6, 6.07) is 6.98. The number of aromatic nitrogens is 3. The van der Waals surface area contributed by atoms with Gasteiger partial charge in [-0.15, -0.1) is 0 Å². The van der Waals surface area contributed by atoms with Gasteiger partial charge in [-0.1, -0.05) is 23.8 Å². The van der Waals surface area contributed by atoms with Crippen LogP contribution in [0.4, 0.5) is 5.82 Å². The number of likely N-dealkylation sites (N-methyl/N-ethyl adjacent to an activating group) is 1. The smallest absolute Gasteiger partial charge is 0.146 e. The minimum Gasteiger partial charge on any atom is -0.383 e. The lowest BCUT2D eigenvalue weighted by Gasteiger charge is -2.30. The third-order valence-electron chi connectivity index (χ3n) is 5.30. The molecule has 2 N–H and O–H groups in total. The Kier molecular flexibility index (Phi) is 3.96. The summed E-state index contributed by atoms with van der Waals surface area (Å²) in [4.78, 5) is 11.2. The van der Waals surface area contributed by atoms with E-state index in [-0.39, 0.29) is 0 Å². The molecule has 3 heterocycles. The van der Waals surface area contributed by atoms with Crippen LogP contribution < -0.4 is 5.73 Å². The van der Waals surface area contributed by atoms with Crippen LogP contribution in [-0.4, -0.2) is 39.6 Å². The van der Waals surface area contributed by atoms with Crippen molar-refractivity contribution in [2.24, 2.45) is 0 Å². The van der Waals surface area contributed by atoms with Crippen molar-refractivity contribution in [2.45, 2.75) is 32.7 Å². The molecule has 5 heteroatoms. The lowest BCUT2D eigenvalue weighted by Crippen LogP contribution is -2.33. The predicted octanol–water partition coefficient (Wildman–Crippen LogP) is 3.56. The number of hydrogen-bond donors (Lipinski definition) is 1. The molecular weight excluding hydrogens is 310 g/mol. The second kappa shape index (κ2) is 6.15. The van der Waals surface area contributed by atoms with Gasteiger partial charge in [-0.3, -0.25) is 0 Å². The summed E-state index contributed by atoms with van der Waals surface area (Å²) in [6.45, 7) is 6.48. The summed E-state index contributed by atoms with van der Waals surface area (Å²) in [5, 5.41) is 0.975. The number of nitrogens with two attached hydrogens (primary N) is 1. The highest BCUT2D eigenvalue weighted by molar-refractivity contribution is 6.01. The van der Waals surface area contributed by atoms with E-state index >= 15 is 0 Å². The van der Waals surface area contributed by atoms with Gasteiger partial charge in [0, 0.05) is 24.3 Å². The summed E-state index contributed by atoms with van der Waals surface area (Å²) < 4.78 is 2.32. The number of nitrogen functional groups attached to an aromatic ring is 1. The molecule has 3 aromatic rings. The summed E-state index contributed by atoms with van der Waals surface area (Å²) in [5.74, 6) is 0.558. The zero-order chi connectivity index (χ0) is 17.6. The van der Waals surface area contributed by atoms with Crippen LogP contribution in [0.1, 0.15) is 30.0 Å². The van der Waals surface area contributed by atoms with Crippen molar-refractivity contribution in [1.29, 1.82) is 0 Å². The Bertz CT molecular complexity index is 927. The van der Waals surface area contributed by atoms with Gasteiger partial charge in [0.25, 0.3) is 0 Å². The summed E-state index contributed by atoms with van der Waals surface area (Å²) >= 11 is 0. The van der Waals surface area contributed by atoms with Gasteiger partial charge in [-0.2, -0.15) is 0 Å². The number of benzene rings is 1. The van der Waals surface area contributed by atoms with E-state index < -0.39 is 0 Å². The lowest BCUT2D eigenvalue weighted by atomic mass is 9.99. The highest BCUT2D eigenvalue weighted by Crippen LogP contribution is 2.37. The van der Waals surface area contributed by atoms with Gasteiger partial charge in [-0.25, -0.2) is 9.97 Å². The van der Waals surface area contributed by atoms with Crippen molar-refractivity contribution in [3.63, 3.8) is 0 Å². The maximum Gasteiger partial charge on any atom is 0.146 e. The number of nitrogens with zero attached hydrogens (tertiary/aromatic N) is 4. The highest BCUT2D eigenvalue weighted by Gasteiger charge is 2.24. The molecule has 5 nitrogen and oxygen atoms in total. The molecular formula is C20H25N5. The van der Waals surface area contributed by atoms with Crippen LogP contribution in [0.15, 0.2) is 30.7 Å². The van der Waals surface area contributed by atoms with E-state index in [2.05, 4.69) is 64.7 Å². The molecule has 1 atom stereocenters. The van der Waals surface area contributed by atoms with Crippen LogP contribution in [-0.2, 0) is 0 Å². The van der Waals surface area contributed by atoms with E-state index in [1.54, 1.807) is 6.33 Å². The second-order valence-corrected chi connectivity index (χ2v) is 7.28. The molecule has 0 spiro atoms. The number of fused-ring (bicyclic) bond motifs is 1. The maximum absolute atomic E-state index is 6.27. The highest BCUT2D eigenvalue weighted by atomic mass is 15.2. The average molecular weight is 335 g/mol. The summed E-state index contributed by atoms with van der Waals surface area (Å²) in [6.07, 6.45) is 6.19. The summed E-state index contributed by atoms with van der Waals surface area (Å²) in [7, 11) is 2.19. The Labute approximate surface area is 148 Å². The Morgan fingerprint density at radius 3 is 2.76 bits per heavy atom. The van der Waals surface area contributed by atoms with E-state index in [9.17, 15) is 0 Å². The topological polar surface area (TPSA) is 60.0 Å². The molecule has 1 fully saturated rings. The van der Waals surface area contributed by atoms with Gasteiger partial charge >= 0.3 is 0 Å². The minimum absolute atomic E-state index is 0.426.